The average molecular weight is 332 g/mol. The van der Waals surface area contributed by atoms with Crippen LogP contribution in [0.4, 0.5) is 4.79 Å². The van der Waals surface area contributed by atoms with Gasteiger partial charge in [0.05, 0.1) is 17.3 Å². The summed E-state index contributed by atoms with van der Waals surface area (Å²) >= 11 is 0. The Balaban J connectivity index is 1.92. The fourth-order valence-electron chi connectivity index (χ4n) is 2.26. The van der Waals surface area contributed by atoms with E-state index < -0.39 is 5.60 Å². The van der Waals surface area contributed by atoms with Crippen LogP contribution in [0.5, 0.6) is 0 Å². The Morgan fingerprint density at radius 1 is 1.33 bits per heavy atom. The van der Waals surface area contributed by atoms with Crippen LogP contribution in [0.25, 0.3) is 10.9 Å². The number of ether oxygens (including phenoxy) is 1. The van der Waals surface area contributed by atoms with Gasteiger partial charge in [-0.15, -0.1) is 0 Å². The highest BCUT2D eigenvalue weighted by Crippen LogP contribution is 2.15. The van der Waals surface area contributed by atoms with Crippen LogP contribution in [0.15, 0.2) is 24.4 Å². The minimum absolute atomic E-state index is 0.204. The number of amides is 2. The summed E-state index contributed by atoms with van der Waals surface area (Å²) in [5, 5.41) is 10.5. The third kappa shape index (κ3) is 4.47. The zero-order valence-electron chi connectivity index (χ0n) is 14.5. The van der Waals surface area contributed by atoms with Gasteiger partial charge in [-0.2, -0.15) is 5.10 Å². The average Bonchev–Trinajstić information content (AvgIpc) is 2.97. The maximum atomic E-state index is 12.3. The SMILES string of the molecule is CCN(CCNC(=O)c1cccc2cn[nH]c12)C(=O)OC(C)(C)C. The summed E-state index contributed by atoms with van der Waals surface area (Å²) in [5.41, 5.74) is 0.698. The van der Waals surface area contributed by atoms with Crippen LogP contribution in [-0.2, 0) is 4.74 Å². The lowest BCUT2D eigenvalue weighted by molar-refractivity contribution is 0.0261. The molecule has 7 nitrogen and oxygen atoms in total. The molecular formula is C17H24N4O3. The molecule has 0 aliphatic carbocycles. The minimum Gasteiger partial charge on any atom is -0.444 e. The summed E-state index contributed by atoms with van der Waals surface area (Å²) in [6.45, 7) is 8.59. The van der Waals surface area contributed by atoms with Gasteiger partial charge in [-0.25, -0.2) is 4.79 Å². The Labute approximate surface area is 141 Å². The van der Waals surface area contributed by atoms with Gasteiger partial charge in [0, 0.05) is 25.0 Å². The van der Waals surface area contributed by atoms with Gasteiger partial charge in [0.25, 0.3) is 5.91 Å². The van der Waals surface area contributed by atoms with Crippen LogP contribution < -0.4 is 5.32 Å². The Hall–Kier alpha value is -2.57. The topological polar surface area (TPSA) is 87.3 Å². The highest BCUT2D eigenvalue weighted by atomic mass is 16.6. The number of carbonyl (C=O) groups excluding carboxylic acids is 2. The van der Waals surface area contributed by atoms with E-state index >= 15 is 0 Å². The van der Waals surface area contributed by atoms with Gasteiger partial charge in [-0.1, -0.05) is 12.1 Å². The van der Waals surface area contributed by atoms with Gasteiger partial charge in [-0.3, -0.25) is 9.89 Å². The first-order valence-electron chi connectivity index (χ1n) is 8.00. The summed E-state index contributed by atoms with van der Waals surface area (Å²) in [5.74, 6) is -0.204. The van der Waals surface area contributed by atoms with Crippen LogP contribution in [-0.4, -0.2) is 52.3 Å². The largest absolute Gasteiger partial charge is 0.444 e. The van der Waals surface area contributed by atoms with Gasteiger partial charge < -0.3 is 15.0 Å². The van der Waals surface area contributed by atoms with Crippen LogP contribution in [0.2, 0.25) is 0 Å². The zero-order valence-corrected chi connectivity index (χ0v) is 14.5. The number of para-hydroxylation sites is 1. The molecule has 0 fully saturated rings. The third-order valence-corrected chi connectivity index (χ3v) is 3.42. The van der Waals surface area contributed by atoms with Crippen LogP contribution in [0, 0.1) is 0 Å². The Morgan fingerprint density at radius 3 is 2.75 bits per heavy atom. The molecule has 2 amide bonds. The van der Waals surface area contributed by atoms with Gasteiger partial charge >= 0.3 is 6.09 Å². The van der Waals surface area contributed by atoms with Crippen molar-refractivity contribution in [1.29, 1.82) is 0 Å². The summed E-state index contributed by atoms with van der Waals surface area (Å²) in [6.07, 6.45) is 1.29. The molecule has 1 heterocycles. The monoisotopic (exact) mass is 332 g/mol. The van der Waals surface area contributed by atoms with Crippen molar-refractivity contribution in [2.75, 3.05) is 19.6 Å². The molecule has 0 atom stereocenters. The van der Waals surface area contributed by atoms with Gasteiger partial charge in [-0.05, 0) is 33.8 Å². The Kier molecular flexibility index (Phi) is 5.43. The summed E-state index contributed by atoms with van der Waals surface area (Å²) < 4.78 is 5.34. The lowest BCUT2D eigenvalue weighted by atomic mass is 10.1. The van der Waals surface area contributed by atoms with Crippen molar-refractivity contribution in [3.63, 3.8) is 0 Å². The molecule has 24 heavy (non-hydrogen) atoms. The van der Waals surface area contributed by atoms with Crippen molar-refractivity contribution in [1.82, 2.24) is 20.4 Å². The lowest BCUT2D eigenvalue weighted by Crippen LogP contribution is -2.41. The van der Waals surface area contributed by atoms with Crippen LogP contribution >= 0.6 is 0 Å². The highest BCUT2D eigenvalue weighted by molar-refractivity contribution is 6.05. The first kappa shape index (κ1) is 17.8. The Bertz CT molecular complexity index is 718. The second-order valence-corrected chi connectivity index (χ2v) is 6.46. The van der Waals surface area contributed by atoms with E-state index in [0.29, 0.717) is 30.7 Å². The van der Waals surface area contributed by atoms with E-state index in [2.05, 4.69) is 15.5 Å². The molecular weight excluding hydrogens is 308 g/mol. The zero-order chi connectivity index (χ0) is 17.7. The first-order valence-corrected chi connectivity index (χ1v) is 8.00. The van der Waals surface area contributed by atoms with Crippen LogP contribution in [0.1, 0.15) is 38.1 Å². The molecule has 7 heteroatoms. The molecule has 0 saturated heterocycles. The summed E-state index contributed by atoms with van der Waals surface area (Å²) in [4.78, 5) is 25.9. The molecule has 0 aliphatic heterocycles. The number of nitrogens with zero attached hydrogens (tertiary/aromatic N) is 2. The molecule has 0 radical (unpaired) electrons. The third-order valence-electron chi connectivity index (χ3n) is 3.42. The molecule has 2 aromatic rings. The second kappa shape index (κ2) is 7.33. The van der Waals surface area contributed by atoms with Gasteiger partial charge in [0.1, 0.15) is 5.60 Å². The van der Waals surface area contributed by atoms with E-state index in [9.17, 15) is 9.59 Å². The molecule has 2 rings (SSSR count). The number of benzene rings is 1. The fraction of sp³-hybridized carbons (Fsp3) is 0.471. The number of hydrogen-bond donors (Lipinski definition) is 2. The van der Waals surface area contributed by atoms with Crippen molar-refractivity contribution < 1.29 is 14.3 Å². The van der Waals surface area contributed by atoms with E-state index in [1.54, 1.807) is 17.2 Å². The van der Waals surface area contributed by atoms with E-state index in [0.717, 1.165) is 5.39 Å². The van der Waals surface area contributed by atoms with Gasteiger partial charge in [0.15, 0.2) is 0 Å². The number of fused-ring (bicyclic) bond motifs is 1. The number of carbonyl (C=O) groups is 2. The number of aromatic amines is 1. The van der Waals surface area contributed by atoms with Gasteiger partial charge in [0.2, 0.25) is 0 Å². The van der Waals surface area contributed by atoms with E-state index in [1.165, 1.54) is 0 Å². The number of likely N-dealkylation sites (N-methyl/N-ethyl adjacent to an activating group) is 1. The molecule has 0 spiro atoms. The molecule has 0 aliphatic rings. The molecule has 1 aromatic heterocycles. The maximum Gasteiger partial charge on any atom is 0.410 e. The van der Waals surface area contributed by atoms with Crippen molar-refractivity contribution in [3.8, 4) is 0 Å². The van der Waals surface area contributed by atoms with E-state index in [4.69, 9.17) is 4.74 Å². The number of hydrogen-bond acceptors (Lipinski definition) is 4. The first-order chi connectivity index (χ1) is 11.3. The van der Waals surface area contributed by atoms with Crippen molar-refractivity contribution >= 4 is 22.9 Å². The van der Waals surface area contributed by atoms with E-state index in [1.807, 2.05) is 39.8 Å². The number of H-pyrrole nitrogens is 1. The highest BCUT2D eigenvalue weighted by Gasteiger charge is 2.21. The predicted molar refractivity (Wildman–Crippen MR) is 91.9 cm³/mol. The normalized spacial score (nSPS) is 11.3. The molecule has 0 unspecified atom stereocenters. The van der Waals surface area contributed by atoms with Crippen LogP contribution in [0.3, 0.4) is 0 Å². The Morgan fingerprint density at radius 2 is 2.08 bits per heavy atom. The van der Waals surface area contributed by atoms with E-state index in [-0.39, 0.29) is 12.0 Å². The standard InChI is InChI=1S/C17H24N4O3/c1-5-21(16(23)24-17(2,3)4)10-9-18-15(22)13-8-6-7-12-11-19-20-14(12)13/h6-8,11H,5,9-10H2,1-4H3,(H,18,22)(H,19,20). The lowest BCUT2D eigenvalue weighted by Gasteiger charge is -2.26. The molecule has 130 valence electrons. The summed E-state index contributed by atoms with van der Waals surface area (Å²) in [6, 6.07) is 5.43. The quantitative estimate of drug-likeness (QED) is 0.881. The smallest absolute Gasteiger partial charge is 0.410 e. The number of rotatable bonds is 5. The van der Waals surface area contributed by atoms with Crippen molar-refractivity contribution in [2.45, 2.75) is 33.3 Å². The summed E-state index contributed by atoms with van der Waals surface area (Å²) in [7, 11) is 0. The van der Waals surface area contributed by atoms with Crippen molar-refractivity contribution in [2.24, 2.45) is 0 Å². The minimum atomic E-state index is -0.538. The molecule has 0 saturated carbocycles. The number of aromatic nitrogens is 2. The molecule has 0 bridgehead atoms. The fourth-order valence-corrected chi connectivity index (χ4v) is 2.26. The number of nitrogens with one attached hydrogen (secondary N) is 2. The maximum absolute atomic E-state index is 12.3. The second-order valence-electron chi connectivity index (χ2n) is 6.46. The molecule has 2 N–H and O–H groups in total. The van der Waals surface area contributed by atoms with Crippen molar-refractivity contribution in [3.05, 3.63) is 30.0 Å². The predicted octanol–water partition coefficient (Wildman–Crippen LogP) is 2.55. The molecule has 1 aromatic carbocycles.